The van der Waals surface area contributed by atoms with Gasteiger partial charge in [-0.1, -0.05) is 0 Å². The number of benzene rings is 2. The van der Waals surface area contributed by atoms with Gasteiger partial charge in [-0.2, -0.15) is 0 Å². The van der Waals surface area contributed by atoms with Crippen LogP contribution in [-0.4, -0.2) is 23.4 Å². The van der Waals surface area contributed by atoms with Gasteiger partial charge in [0.2, 0.25) is 0 Å². The summed E-state index contributed by atoms with van der Waals surface area (Å²) in [5.74, 6) is 0.601. The fourth-order valence-corrected chi connectivity index (χ4v) is 2.17. The van der Waals surface area contributed by atoms with E-state index in [-0.39, 0.29) is 17.0 Å². The van der Waals surface area contributed by atoms with E-state index in [1.165, 1.54) is 24.4 Å². The van der Waals surface area contributed by atoms with Gasteiger partial charge in [-0.05, 0) is 40.2 Å². The van der Waals surface area contributed by atoms with Crippen molar-refractivity contribution in [1.29, 1.82) is 0 Å². The van der Waals surface area contributed by atoms with E-state index in [2.05, 4.69) is 20.9 Å². The molecule has 0 aliphatic rings. The number of halogens is 1. The highest BCUT2D eigenvalue weighted by atomic mass is 79.9. The first-order chi connectivity index (χ1) is 10.0. The first-order valence-electron chi connectivity index (χ1n) is 5.86. The van der Waals surface area contributed by atoms with Crippen molar-refractivity contribution in [2.45, 2.75) is 0 Å². The zero-order valence-electron chi connectivity index (χ0n) is 11.0. The highest BCUT2D eigenvalue weighted by Gasteiger charge is 2.08. The summed E-state index contributed by atoms with van der Waals surface area (Å²) in [5.41, 5.74) is 0.787. The molecule has 108 valence electrons. The number of phenols is 1. The van der Waals surface area contributed by atoms with Crippen molar-refractivity contribution >= 4 is 33.5 Å². The lowest BCUT2D eigenvalue weighted by molar-refractivity contribution is -0.384. The molecule has 6 nitrogen and oxygen atoms in total. The highest BCUT2D eigenvalue weighted by Crippen LogP contribution is 2.29. The van der Waals surface area contributed by atoms with Gasteiger partial charge < -0.3 is 9.84 Å². The molecule has 0 aliphatic carbocycles. The molecule has 0 unspecified atom stereocenters. The van der Waals surface area contributed by atoms with Crippen molar-refractivity contribution in [3.8, 4) is 11.5 Å². The summed E-state index contributed by atoms with van der Waals surface area (Å²) in [6, 6.07) is 8.97. The Labute approximate surface area is 129 Å². The fraction of sp³-hybridized carbons (Fsp3) is 0.0714. The molecule has 0 amide bonds. The van der Waals surface area contributed by atoms with Crippen molar-refractivity contribution in [3.63, 3.8) is 0 Å². The molecule has 0 heterocycles. The summed E-state index contributed by atoms with van der Waals surface area (Å²) in [6.07, 6.45) is 1.37. The van der Waals surface area contributed by atoms with Crippen LogP contribution in [0.25, 0.3) is 0 Å². The van der Waals surface area contributed by atoms with E-state index in [1.54, 1.807) is 25.3 Å². The Hall–Kier alpha value is -2.41. The van der Waals surface area contributed by atoms with Gasteiger partial charge in [0.15, 0.2) is 0 Å². The lowest BCUT2D eigenvalue weighted by Gasteiger charge is -2.03. The Morgan fingerprint density at radius 2 is 2.10 bits per heavy atom. The van der Waals surface area contributed by atoms with Crippen molar-refractivity contribution in [2.24, 2.45) is 4.99 Å². The predicted octanol–water partition coefficient (Wildman–Crippen LogP) is 3.82. The third-order valence-corrected chi connectivity index (χ3v) is 3.33. The Morgan fingerprint density at radius 1 is 1.33 bits per heavy atom. The molecule has 2 aromatic carbocycles. The largest absolute Gasteiger partial charge is 0.507 e. The van der Waals surface area contributed by atoms with Crippen LogP contribution >= 0.6 is 15.9 Å². The number of nitro groups is 1. The minimum Gasteiger partial charge on any atom is -0.507 e. The summed E-state index contributed by atoms with van der Waals surface area (Å²) in [6.45, 7) is 0. The number of rotatable bonds is 4. The number of hydrogen-bond donors (Lipinski definition) is 1. The van der Waals surface area contributed by atoms with E-state index in [9.17, 15) is 15.2 Å². The molecule has 2 aromatic rings. The number of aromatic hydroxyl groups is 1. The quantitative estimate of drug-likeness (QED) is 0.515. The van der Waals surface area contributed by atoms with Gasteiger partial charge in [0.05, 0.1) is 22.2 Å². The van der Waals surface area contributed by atoms with E-state index in [1.807, 2.05) is 0 Å². The second-order valence-corrected chi connectivity index (χ2v) is 4.93. The number of aliphatic imine (C=N–C) groups is 1. The summed E-state index contributed by atoms with van der Waals surface area (Å²) in [4.78, 5) is 14.4. The molecule has 0 saturated heterocycles. The third kappa shape index (κ3) is 3.57. The number of phenolic OH excluding ortho intramolecular Hbond substituents is 1. The maximum absolute atomic E-state index is 10.7. The van der Waals surface area contributed by atoms with Crippen LogP contribution in [0.3, 0.4) is 0 Å². The van der Waals surface area contributed by atoms with Crippen molar-refractivity contribution in [3.05, 3.63) is 56.5 Å². The molecule has 1 N–H and O–H groups in total. The SMILES string of the molecule is COc1ccc(N=Cc2cc([N+](=O)[O-])ccc2O)cc1Br. The van der Waals surface area contributed by atoms with Gasteiger partial charge in [0.1, 0.15) is 11.5 Å². The highest BCUT2D eigenvalue weighted by molar-refractivity contribution is 9.10. The third-order valence-electron chi connectivity index (χ3n) is 2.71. The van der Waals surface area contributed by atoms with Crippen LogP contribution in [-0.2, 0) is 0 Å². The Bertz CT molecular complexity index is 716. The molecule has 0 aromatic heterocycles. The minimum absolute atomic E-state index is 0.0723. The second-order valence-electron chi connectivity index (χ2n) is 4.08. The predicted molar refractivity (Wildman–Crippen MR) is 82.7 cm³/mol. The standard InChI is InChI=1S/C14H11BrN2O4/c1-21-14-5-2-10(7-12(14)15)16-8-9-6-11(17(19)20)3-4-13(9)18/h2-8,18H,1H3. The Balaban J connectivity index is 2.30. The van der Waals surface area contributed by atoms with Crippen molar-refractivity contribution in [2.75, 3.05) is 7.11 Å². The molecule has 0 fully saturated rings. The van der Waals surface area contributed by atoms with E-state index < -0.39 is 4.92 Å². The zero-order valence-corrected chi connectivity index (χ0v) is 12.6. The van der Waals surface area contributed by atoms with Gasteiger partial charge in [0.25, 0.3) is 5.69 Å². The molecular formula is C14H11BrN2O4. The maximum Gasteiger partial charge on any atom is 0.270 e. The first-order valence-corrected chi connectivity index (χ1v) is 6.65. The van der Waals surface area contributed by atoms with Gasteiger partial charge >= 0.3 is 0 Å². The minimum atomic E-state index is -0.527. The zero-order chi connectivity index (χ0) is 15.4. The van der Waals surface area contributed by atoms with Gasteiger partial charge in [-0.3, -0.25) is 15.1 Å². The first kappa shape index (κ1) is 15.0. The Morgan fingerprint density at radius 3 is 2.71 bits per heavy atom. The van der Waals surface area contributed by atoms with Gasteiger partial charge in [0, 0.05) is 23.9 Å². The van der Waals surface area contributed by atoms with Crippen molar-refractivity contribution in [1.82, 2.24) is 0 Å². The van der Waals surface area contributed by atoms with Gasteiger partial charge in [-0.15, -0.1) is 0 Å². The molecule has 0 aliphatic heterocycles. The molecule has 7 heteroatoms. The average Bonchev–Trinajstić information content (AvgIpc) is 2.46. The second kappa shape index (κ2) is 6.36. The van der Waals surface area contributed by atoms with E-state index in [0.717, 1.165) is 4.47 Å². The van der Waals surface area contributed by atoms with Crippen LogP contribution in [0, 0.1) is 10.1 Å². The lowest BCUT2D eigenvalue weighted by Crippen LogP contribution is -1.90. The average molecular weight is 351 g/mol. The van der Waals surface area contributed by atoms with Crippen LogP contribution in [0.2, 0.25) is 0 Å². The molecule has 0 spiro atoms. The molecule has 0 bridgehead atoms. The topological polar surface area (TPSA) is 85.0 Å². The van der Waals surface area contributed by atoms with Crippen LogP contribution in [0.1, 0.15) is 5.56 Å². The monoisotopic (exact) mass is 350 g/mol. The summed E-state index contributed by atoms with van der Waals surface area (Å²) >= 11 is 3.34. The number of nitro benzene ring substituents is 1. The van der Waals surface area contributed by atoms with Crippen LogP contribution in [0.15, 0.2) is 45.9 Å². The van der Waals surface area contributed by atoms with Crippen LogP contribution in [0.4, 0.5) is 11.4 Å². The smallest absolute Gasteiger partial charge is 0.270 e. The lowest BCUT2D eigenvalue weighted by atomic mass is 10.2. The molecule has 0 radical (unpaired) electrons. The fourth-order valence-electron chi connectivity index (χ4n) is 1.64. The number of hydrogen-bond acceptors (Lipinski definition) is 5. The summed E-state index contributed by atoms with van der Waals surface area (Å²) in [5, 5.41) is 20.4. The molecule has 21 heavy (non-hydrogen) atoms. The normalized spacial score (nSPS) is 10.8. The molecule has 0 saturated carbocycles. The Kier molecular flexibility index (Phi) is 4.54. The molecular weight excluding hydrogens is 340 g/mol. The molecule has 0 atom stereocenters. The van der Waals surface area contributed by atoms with E-state index >= 15 is 0 Å². The van der Waals surface area contributed by atoms with Gasteiger partial charge in [-0.25, -0.2) is 0 Å². The number of nitrogens with zero attached hydrogens (tertiary/aromatic N) is 2. The van der Waals surface area contributed by atoms with E-state index in [4.69, 9.17) is 4.74 Å². The number of methoxy groups -OCH3 is 1. The maximum atomic E-state index is 10.7. The summed E-state index contributed by atoms with van der Waals surface area (Å²) < 4.78 is 5.85. The number of ether oxygens (including phenoxy) is 1. The van der Waals surface area contributed by atoms with Crippen LogP contribution in [0.5, 0.6) is 11.5 Å². The summed E-state index contributed by atoms with van der Waals surface area (Å²) in [7, 11) is 1.56. The van der Waals surface area contributed by atoms with E-state index in [0.29, 0.717) is 11.4 Å². The number of non-ortho nitro benzene ring substituents is 1. The van der Waals surface area contributed by atoms with Crippen LogP contribution < -0.4 is 4.74 Å². The van der Waals surface area contributed by atoms with Crippen molar-refractivity contribution < 1.29 is 14.8 Å². The molecule has 2 rings (SSSR count).